The molecular weight excluding hydrogens is 242 g/mol. The molecule has 0 aromatic heterocycles. The quantitative estimate of drug-likeness (QED) is 0.580. The van der Waals surface area contributed by atoms with E-state index in [9.17, 15) is 0 Å². The van der Waals surface area contributed by atoms with Crippen LogP contribution in [0.15, 0.2) is 23.2 Å². The Bertz CT molecular complexity index is 378. The van der Waals surface area contributed by atoms with Crippen LogP contribution in [0.1, 0.15) is 5.56 Å². The highest BCUT2D eigenvalue weighted by molar-refractivity contribution is 6.32. The summed E-state index contributed by atoms with van der Waals surface area (Å²) in [5.74, 6) is 0.649. The van der Waals surface area contributed by atoms with E-state index in [1.54, 1.807) is 39.7 Å². The average Bonchev–Trinajstić information content (AvgIpc) is 2.35. The molecule has 0 fully saturated rings. The Morgan fingerprint density at radius 1 is 1.29 bits per heavy atom. The Kier molecular flexibility index (Phi) is 5.97. The third-order valence-corrected chi connectivity index (χ3v) is 2.49. The van der Waals surface area contributed by atoms with Gasteiger partial charge in [0, 0.05) is 20.4 Å². The van der Waals surface area contributed by atoms with Crippen LogP contribution < -0.4 is 4.74 Å². The zero-order valence-electron chi connectivity index (χ0n) is 10.1. The van der Waals surface area contributed by atoms with Crippen LogP contribution in [-0.4, -0.2) is 40.4 Å². The first-order chi connectivity index (χ1) is 8.21. The van der Waals surface area contributed by atoms with Gasteiger partial charge in [-0.3, -0.25) is 4.99 Å². The molecule has 0 heterocycles. The van der Waals surface area contributed by atoms with Crippen molar-refractivity contribution in [3.8, 4) is 5.75 Å². The number of nitrogens with zero attached hydrogens (tertiary/aromatic N) is 1. The average molecular weight is 258 g/mol. The van der Waals surface area contributed by atoms with Gasteiger partial charge in [0.2, 0.25) is 0 Å². The number of rotatable bonds is 6. The van der Waals surface area contributed by atoms with Gasteiger partial charge in [-0.25, -0.2) is 0 Å². The van der Waals surface area contributed by atoms with E-state index in [1.165, 1.54) is 0 Å². The summed E-state index contributed by atoms with van der Waals surface area (Å²) < 4.78 is 15.1. The monoisotopic (exact) mass is 257 g/mol. The lowest BCUT2D eigenvalue weighted by Gasteiger charge is -2.09. The topological polar surface area (TPSA) is 40.0 Å². The second-order valence-corrected chi connectivity index (χ2v) is 3.70. The fraction of sp³-hybridized carbons (Fsp3) is 0.417. The summed E-state index contributed by atoms with van der Waals surface area (Å²) in [5.41, 5.74) is 0.904. The number of hydrogen-bond donors (Lipinski definition) is 0. The highest BCUT2D eigenvalue weighted by Gasteiger charge is 2.02. The molecule has 0 N–H and O–H groups in total. The summed E-state index contributed by atoms with van der Waals surface area (Å²) in [5, 5.41) is 0.562. The SMILES string of the molecule is COc1ccc(C=NCC(OC)OC)cc1Cl. The molecule has 0 unspecified atom stereocenters. The lowest BCUT2D eigenvalue weighted by molar-refractivity contribution is -0.0936. The summed E-state index contributed by atoms with van der Waals surface area (Å²) in [7, 11) is 4.73. The van der Waals surface area contributed by atoms with Gasteiger partial charge in [0.05, 0.1) is 18.7 Å². The molecule has 17 heavy (non-hydrogen) atoms. The summed E-state index contributed by atoms with van der Waals surface area (Å²) >= 11 is 5.99. The summed E-state index contributed by atoms with van der Waals surface area (Å²) in [6.07, 6.45) is 1.40. The van der Waals surface area contributed by atoms with E-state index in [4.69, 9.17) is 25.8 Å². The van der Waals surface area contributed by atoms with Crippen molar-refractivity contribution in [2.24, 2.45) is 4.99 Å². The van der Waals surface area contributed by atoms with E-state index >= 15 is 0 Å². The third-order valence-electron chi connectivity index (χ3n) is 2.20. The molecule has 94 valence electrons. The maximum absolute atomic E-state index is 5.99. The first-order valence-corrected chi connectivity index (χ1v) is 5.48. The van der Waals surface area contributed by atoms with Gasteiger partial charge in [0.15, 0.2) is 6.29 Å². The van der Waals surface area contributed by atoms with E-state index in [1.807, 2.05) is 6.07 Å². The maximum Gasteiger partial charge on any atom is 0.176 e. The van der Waals surface area contributed by atoms with Crippen LogP contribution in [0, 0.1) is 0 Å². The van der Waals surface area contributed by atoms with Crippen LogP contribution >= 0.6 is 11.6 Å². The Hall–Kier alpha value is -1.10. The van der Waals surface area contributed by atoms with Crippen molar-refractivity contribution >= 4 is 17.8 Å². The van der Waals surface area contributed by atoms with E-state index in [0.29, 0.717) is 17.3 Å². The van der Waals surface area contributed by atoms with Crippen LogP contribution in [0.5, 0.6) is 5.75 Å². The van der Waals surface area contributed by atoms with Crippen LogP contribution in [0.4, 0.5) is 0 Å². The minimum atomic E-state index is -0.319. The molecule has 0 atom stereocenters. The summed E-state index contributed by atoms with van der Waals surface area (Å²) in [6.45, 7) is 0.441. The molecule has 0 saturated heterocycles. The molecule has 5 heteroatoms. The number of ether oxygens (including phenoxy) is 3. The molecule has 0 aliphatic carbocycles. The van der Waals surface area contributed by atoms with Gasteiger partial charge in [-0.1, -0.05) is 11.6 Å². The smallest absolute Gasteiger partial charge is 0.176 e. The van der Waals surface area contributed by atoms with Gasteiger partial charge in [0.1, 0.15) is 5.75 Å². The minimum absolute atomic E-state index is 0.319. The van der Waals surface area contributed by atoms with Crippen LogP contribution in [0.2, 0.25) is 5.02 Å². The first-order valence-electron chi connectivity index (χ1n) is 5.10. The summed E-state index contributed by atoms with van der Waals surface area (Å²) in [6, 6.07) is 5.47. The molecule has 0 radical (unpaired) electrons. The van der Waals surface area contributed by atoms with E-state index in [-0.39, 0.29) is 6.29 Å². The molecule has 0 bridgehead atoms. The van der Waals surface area contributed by atoms with Crippen molar-refractivity contribution < 1.29 is 14.2 Å². The lowest BCUT2D eigenvalue weighted by atomic mass is 10.2. The van der Waals surface area contributed by atoms with E-state index in [2.05, 4.69) is 4.99 Å². The molecular formula is C12H16ClNO3. The van der Waals surface area contributed by atoms with E-state index in [0.717, 1.165) is 5.56 Å². The Morgan fingerprint density at radius 2 is 2.00 bits per heavy atom. The second kappa shape index (κ2) is 7.27. The fourth-order valence-corrected chi connectivity index (χ4v) is 1.52. The number of aliphatic imine (C=N–C) groups is 1. The summed E-state index contributed by atoms with van der Waals surface area (Å²) in [4.78, 5) is 4.21. The molecule has 1 rings (SSSR count). The first kappa shape index (κ1) is 14.0. The number of methoxy groups -OCH3 is 3. The molecule has 4 nitrogen and oxygen atoms in total. The van der Waals surface area contributed by atoms with Gasteiger partial charge in [0.25, 0.3) is 0 Å². The predicted molar refractivity (Wildman–Crippen MR) is 68.3 cm³/mol. The molecule has 1 aromatic rings. The molecule has 0 spiro atoms. The predicted octanol–water partition coefficient (Wildman–Crippen LogP) is 2.39. The fourth-order valence-electron chi connectivity index (χ4n) is 1.25. The van der Waals surface area contributed by atoms with Crippen LogP contribution in [0.25, 0.3) is 0 Å². The van der Waals surface area contributed by atoms with Gasteiger partial charge in [-0.2, -0.15) is 0 Å². The zero-order valence-corrected chi connectivity index (χ0v) is 10.9. The lowest BCUT2D eigenvalue weighted by Crippen LogP contribution is -2.16. The van der Waals surface area contributed by atoms with Crippen LogP contribution in [-0.2, 0) is 9.47 Å². The van der Waals surface area contributed by atoms with Crippen molar-refractivity contribution in [3.63, 3.8) is 0 Å². The Labute approximate surface area is 106 Å². The Balaban J connectivity index is 2.62. The number of hydrogen-bond acceptors (Lipinski definition) is 4. The standard InChI is InChI=1S/C12H16ClNO3/c1-15-11-5-4-9(6-10(11)13)7-14-8-12(16-2)17-3/h4-7,12H,8H2,1-3H3. The largest absolute Gasteiger partial charge is 0.495 e. The van der Waals surface area contributed by atoms with Crippen molar-refractivity contribution in [3.05, 3.63) is 28.8 Å². The molecule has 0 saturated carbocycles. The van der Waals surface area contributed by atoms with Gasteiger partial charge >= 0.3 is 0 Å². The highest BCUT2D eigenvalue weighted by atomic mass is 35.5. The zero-order chi connectivity index (χ0) is 12.7. The molecule has 1 aromatic carbocycles. The molecule has 0 aliphatic heterocycles. The van der Waals surface area contributed by atoms with E-state index < -0.39 is 0 Å². The molecule has 0 aliphatic rings. The maximum atomic E-state index is 5.99. The normalized spacial score (nSPS) is 11.4. The number of halogens is 1. The van der Waals surface area contributed by atoms with Crippen molar-refractivity contribution in [2.45, 2.75) is 6.29 Å². The molecule has 0 amide bonds. The third kappa shape index (κ3) is 4.34. The Morgan fingerprint density at radius 3 is 2.53 bits per heavy atom. The van der Waals surface area contributed by atoms with Gasteiger partial charge in [-0.05, 0) is 23.8 Å². The van der Waals surface area contributed by atoms with Gasteiger partial charge in [-0.15, -0.1) is 0 Å². The van der Waals surface area contributed by atoms with Crippen LogP contribution in [0.3, 0.4) is 0 Å². The van der Waals surface area contributed by atoms with Crippen molar-refractivity contribution in [2.75, 3.05) is 27.9 Å². The highest BCUT2D eigenvalue weighted by Crippen LogP contribution is 2.24. The van der Waals surface area contributed by atoms with Crippen molar-refractivity contribution in [1.82, 2.24) is 0 Å². The van der Waals surface area contributed by atoms with Gasteiger partial charge < -0.3 is 14.2 Å². The minimum Gasteiger partial charge on any atom is -0.495 e. The van der Waals surface area contributed by atoms with Crippen molar-refractivity contribution in [1.29, 1.82) is 0 Å². The second-order valence-electron chi connectivity index (χ2n) is 3.29. The number of benzene rings is 1.